The standard InChI is InChI=1S/C16H14ClNO2/c17-14-9-12(16(19)20)5-6-13(14)10-18-8-7-11-3-1-2-4-15(11)18/h1-6,9H,7-8,10H2,(H,19,20). The van der Waals surface area contributed by atoms with E-state index < -0.39 is 5.97 Å². The molecule has 0 fully saturated rings. The van der Waals surface area contributed by atoms with Gasteiger partial charge in [0.05, 0.1) is 5.56 Å². The van der Waals surface area contributed by atoms with Crippen molar-refractivity contribution in [3.63, 3.8) is 0 Å². The monoisotopic (exact) mass is 287 g/mol. The molecule has 20 heavy (non-hydrogen) atoms. The smallest absolute Gasteiger partial charge is 0.335 e. The highest BCUT2D eigenvalue weighted by atomic mass is 35.5. The van der Waals surface area contributed by atoms with Crippen molar-refractivity contribution in [3.05, 3.63) is 64.2 Å². The van der Waals surface area contributed by atoms with E-state index in [0.717, 1.165) is 18.5 Å². The Morgan fingerprint density at radius 1 is 1.25 bits per heavy atom. The number of para-hydroxylation sites is 1. The molecular formula is C16H14ClNO2. The van der Waals surface area contributed by atoms with Crippen molar-refractivity contribution < 1.29 is 9.90 Å². The van der Waals surface area contributed by atoms with E-state index >= 15 is 0 Å². The summed E-state index contributed by atoms with van der Waals surface area (Å²) in [6, 6.07) is 13.3. The van der Waals surface area contributed by atoms with Crippen LogP contribution in [0.2, 0.25) is 5.02 Å². The van der Waals surface area contributed by atoms with Gasteiger partial charge >= 0.3 is 5.97 Å². The number of anilines is 1. The van der Waals surface area contributed by atoms with Crippen molar-refractivity contribution in [1.29, 1.82) is 0 Å². The number of hydrogen-bond acceptors (Lipinski definition) is 2. The van der Waals surface area contributed by atoms with Crippen LogP contribution in [0.25, 0.3) is 0 Å². The number of carbonyl (C=O) groups is 1. The van der Waals surface area contributed by atoms with Crippen LogP contribution in [0.15, 0.2) is 42.5 Å². The van der Waals surface area contributed by atoms with Crippen LogP contribution in [-0.4, -0.2) is 17.6 Å². The quantitative estimate of drug-likeness (QED) is 0.938. The van der Waals surface area contributed by atoms with Crippen LogP contribution < -0.4 is 4.90 Å². The minimum atomic E-state index is -0.954. The highest BCUT2D eigenvalue weighted by Gasteiger charge is 2.19. The first-order valence-corrected chi connectivity index (χ1v) is 6.87. The van der Waals surface area contributed by atoms with Gasteiger partial charge in [-0.15, -0.1) is 0 Å². The summed E-state index contributed by atoms with van der Waals surface area (Å²) in [4.78, 5) is 13.2. The van der Waals surface area contributed by atoms with E-state index in [1.807, 2.05) is 6.07 Å². The van der Waals surface area contributed by atoms with E-state index in [1.165, 1.54) is 17.3 Å². The molecule has 3 rings (SSSR count). The first-order chi connectivity index (χ1) is 9.65. The first-order valence-electron chi connectivity index (χ1n) is 6.50. The largest absolute Gasteiger partial charge is 0.478 e. The van der Waals surface area contributed by atoms with Crippen molar-refractivity contribution in [2.45, 2.75) is 13.0 Å². The Labute approximate surface area is 122 Å². The maximum Gasteiger partial charge on any atom is 0.335 e. The highest BCUT2D eigenvalue weighted by molar-refractivity contribution is 6.31. The van der Waals surface area contributed by atoms with Gasteiger partial charge in [0.2, 0.25) is 0 Å². The van der Waals surface area contributed by atoms with Crippen LogP contribution in [0.4, 0.5) is 5.69 Å². The Kier molecular flexibility index (Phi) is 3.36. The average molecular weight is 288 g/mol. The topological polar surface area (TPSA) is 40.5 Å². The zero-order valence-electron chi connectivity index (χ0n) is 10.8. The number of fused-ring (bicyclic) bond motifs is 1. The Morgan fingerprint density at radius 3 is 2.80 bits per heavy atom. The summed E-state index contributed by atoms with van der Waals surface area (Å²) in [5.41, 5.74) is 3.77. The number of benzene rings is 2. The lowest BCUT2D eigenvalue weighted by Gasteiger charge is -2.20. The summed E-state index contributed by atoms with van der Waals surface area (Å²) in [6.45, 7) is 1.67. The molecule has 0 saturated carbocycles. The van der Waals surface area contributed by atoms with Gasteiger partial charge in [-0.1, -0.05) is 35.9 Å². The van der Waals surface area contributed by atoms with Crippen LogP contribution >= 0.6 is 11.6 Å². The molecule has 1 heterocycles. The molecule has 1 aliphatic rings. The third-order valence-corrected chi connectivity index (χ3v) is 4.00. The number of carboxylic acids is 1. The Bertz CT molecular complexity index is 669. The van der Waals surface area contributed by atoms with E-state index in [1.54, 1.807) is 12.1 Å². The second-order valence-corrected chi connectivity index (χ2v) is 5.32. The van der Waals surface area contributed by atoms with Crippen molar-refractivity contribution in [3.8, 4) is 0 Å². The van der Waals surface area contributed by atoms with Gasteiger partial charge in [-0.2, -0.15) is 0 Å². The highest BCUT2D eigenvalue weighted by Crippen LogP contribution is 2.30. The second kappa shape index (κ2) is 5.17. The molecule has 0 amide bonds. The normalized spacial score (nSPS) is 13.3. The number of hydrogen-bond donors (Lipinski definition) is 1. The summed E-state index contributed by atoms with van der Waals surface area (Å²) in [6.07, 6.45) is 1.04. The molecule has 1 N–H and O–H groups in total. The minimum absolute atomic E-state index is 0.223. The molecule has 0 unspecified atom stereocenters. The lowest BCUT2D eigenvalue weighted by atomic mass is 10.1. The molecular weight excluding hydrogens is 274 g/mol. The number of aromatic carboxylic acids is 1. The average Bonchev–Trinajstić information content (AvgIpc) is 2.84. The fraction of sp³-hybridized carbons (Fsp3) is 0.188. The summed E-state index contributed by atoms with van der Waals surface area (Å²) in [5.74, 6) is -0.954. The van der Waals surface area contributed by atoms with Crippen LogP contribution in [0.5, 0.6) is 0 Å². The maximum atomic E-state index is 10.9. The van der Waals surface area contributed by atoms with Gasteiger partial charge < -0.3 is 10.0 Å². The van der Waals surface area contributed by atoms with E-state index in [-0.39, 0.29) is 5.56 Å². The summed E-state index contributed by atoms with van der Waals surface area (Å²) >= 11 is 6.19. The Morgan fingerprint density at radius 2 is 2.05 bits per heavy atom. The lowest BCUT2D eigenvalue weighted by Crippen LogP contribution is -2.19. The minimum Gasteiger partial charge on any atom is -0.478 e. The fourth-order valence-electron chi connectivity index (χ4n) is 2.59. The van der Waals surface area contributed by atoms with E-state index in [2.05, 4.69) is 23.1 Å². The van der Waals surface area contributed by atoms with E-state index in [0.29, 0.717) is 11.6 Å². The van der Waals surface area contributed by atoms with Gasteiger partial charge in [-0.25, -0.2) is 4.79 Å². The summed E-state index contributed by atoms with van der Waals surface area (Å²) in [7, 11) is 0. The molecule has 2 aromatic carbocycles. The zero-order valence-corrected chi connectivity index (χ0v) is 11.6. The van der Waals surface area contributed by atoms with Gasteiger partial charge in [0.25, 0.3) is 0 Å². The molecule has 1 aliphatic heterocycles. The summed E-state index contributed by atoms with van der Waals surface area (Å²) in [5, 5.41) is 9.45. The lowest BCUT2D eigenvalue weighted by molar-refractivity contribution is 0.0697. The Balaban J connectivity index is 1.84. The number of carboxylic acid groups (broad SMARTS) is 1. The maximum absolute atomic E-state index is 10.9. The van der Waals surface area contributed by atoms with Gasteiger partial charge in [0, 0.05) is 23.8 Å². The van der Waals surface area contributed by atoms with Gasteiger partial charge in [-0.05, 0) is 35.7 Å². The first kappa shape index (κ1) is 13.0. The molecule has 0 spiro atoms. The molecule has 2 aromatic rings. The van der Waals surface area contributed by atoms with Gasteiger partial charge in [0.1, 0.15) is 0 Å². The van der Waals surface area contributed by atoms with Crippen LogP contribution in [0.3, 0.4) is 0 Å². The molecule has 0 radical (unpaired) electrons. The molecule has 0 aliphatic carbocycles. The summed E-state index contributed by atoms with van der Waals surface area (Å²) < 4.78 is 0. The van der Waals surface area contributed by atoms with Crippen molar-refractivity contribution in [2.75, 3.05) is 11.4 Å². The number of halogens is 1. The molecule has 4 heteroatoms. The van der Waals surface area contributed by atoms with Crippen LogP contribution in [0.1, 0.15) is 21.5 Å². The zero-order chi connectivity index (χ0) is 14.1. The second-order valence-electron chi connectivity index (χ2n) is 4.91. The van der Waals surface area contributed by atoms with Crippen molar-refractivity contribution in [2.24, 2.45) is 0 Å². The number of nitrogens with zero attached hydrogens (tertiary/aromatic N) is 1. The predicted octanol–water partition coefficient (Wildman–Crippen LogP) is 3.60. The van der Waals surface area contributed by atoms with Crippen molar-refractivity contribution in [1.82, 2.24) is 0 Å². The van der Waals surface area contributed by atoms with E-state index in [4.69, 9.17) is 16.7 Å². The molecule has 3 nitrogen and oxygen atoms in total. The molecule has 0 atom stereocenters. The van der Waals surface area contributed by atoms with Crippen molar-refractivity contribution >= 4 is 23.3 Å². The van der Waals surface area contributed by atoms with E-state index in [9.17, 15) is 4.79 Å². The van der Waals surface area contributed by atoms with Gasteiger partial charge in [-0.3, -0.25) is 0 Å². The molecule has 0 saturated heterocycles. The predicted molar refractivity (Wildman–Crippen MR) is 79.6 cm³/mol. The van der Waals surface area contributed by atoms with Gasteiger partial charge in [0.15, 0.2) is 0 Å². The Hall–Kier alpha value is -2.00. The third kappa shape index (κ3) is 2.37. The SMILES string of the molecule is O=C(O)c1ccc(CN2CCc3ccccc32)c(Cl)c1. The van der Waals surface area contributed by atoms with Crippen LogP contribution in [-0.2, 0) is 13.0 Å². The fourth-order valence-corrected chi connectivity index (χ4v) is 2.83. The number of rotatable bonds is 3. The molecule has 0 aromatic heterocycles. The molecule has 0 bridgehead atoms. The third-order valence-electron chi connectivity index (χ3n) is 3.64. The molecule has 102 valence electrons. The van der Waals surface area contributed by atoms with Crippen LogP contribution in [0, 0.1) is 0 Å².